The summed E-state index contributed by atoms with van der Waals surface area (Å²) in [5.74, 6) is -0.155. The zero-order valence-corrected chi connectivity index (χ0v) is 11.9. The van der Waals surface area contributed by atoms with Gasteiger partial charge in [0.05, 0.1) is 5.52 Å². The molecule has 1 fully saturated rings. The molecule has 0 aliphatic carbocycles. The third-order valence-corrected chi connectivity index (χ3v) is 4.62. The van der Waals surface area contributed by atoms with E-state index in [1.54, 1.807) is 6.07 Å². The Morgan fingerprint density at radius 2 is 2.22 bits per heavy atom. The van der Waals surface area contributed by atoms with E-state index in [2.05, 4.69) is 21.2 Å². The van der Waals surface area contributed by atoms with Crippen molar-refractivity contribution in [3.63, 3.8) is 0 Å². The van der Waals surface area contributed by atoms with Crippen LogP contribution in [0.2, 0.25) is 0 Å². The second-order valence-corrected chi connectivity index (χ2v) is 5.69. The predicted octanol–water partition coefficient (Wildman–Crippen LogP) is 3.89. The number of fused-ring (bicyclic) bond motifs is 1. The molecule has 0 radical (unpaired) electrons. The van der Waals surface area contributed by atoms with Crippen LogP contribution in [-0.4, -0.2) is 11.1 Å². The maximum absolute atomic E-state index is 13.9. The molecule has 18 heavy (non-hydrogen) atoms. The van der Waals surface area contributed by atoms with Crippen LogP contribution in [0.25, 0.3) is 10.9 Å². The van der Waals surface area contributed by atoms with Crippen LogP contribution < -0.4 is 5.32 Å². The van der Waals surface area contributed by atoms with Crippen LogP contribution >= 0.6 is 15.9 Å². The van der Waals surface area contributed by atoms with E-state index in [4.69, 9.17) is 0 Å². The highest BCUT2D eigenvalue weighted by Crippen LogP contribution is 2.37. The molecule has 0 spiro atoms. The Kier molecular flexibility index (Phi) is 3.16. The van der Waals surface area contributed by atoms with Crippen molar-refractivity contribution in [2.45, 2.75) is 25.3 Å². The van der Waals surface area contributed by atoms with Crippen LogP contribution in [0.4, 0.5) is 4.39 Å². The van der Waals surface area contributed by atoms with Gasteiger partial charge in [0.1, 0.15) is 5.82 Å². The summed E-state index contributed by atoms with van der Waals surface area (Å²) in [7, 11) is 1.95. The molecule has 96 valence electrons. The number of hydrogen-bond donors (Lipinski definition) is 1. The van der Waals surface area contributed by atoms with Crippen molar-refractivity contribution < 1.29 is 4.39 Å². The summed E-state index contributed by atoms with van der Waals surface area (Å²) >= 11 is 3.64. The minimum Gasteiger partial charge on any atom is -0.343 e. The highest BCUT2D eigenvalue weighted by atomic mass is 79.9. The SMILES string of the molecule is Cn1c(C2CCCCN2)c(Br)c2cccc(F)c21. The first kappa shape index (κ1) is 12.2. The van der Waals surface area contributed by atoms with E-state index in [1.807, 2.05) is 17.7 Å². The standard InChI is InChI=1S/C14H16BrFN2/c1-18-13-9(5-4-6-10(13)16)12(15)14(18)11-7-2-3-8-17-11/h4-6,11,17H,2-3,7-8H2,1H3. The van der Waals surface area contributed by atoms with Crippen molar-refractivity contribution in [2.75, 3.05) is 6.54 Å². The maximum Gasteiger partial charge on any atom is 0.147 e. The Labute approximate surface area is 114 Å². The Hall–Kier alpha value is -0.870. The fourth-order valence-corrected chi connectivity index (χ4v) is 3.77. The minimum atomic E-state index is -0.155. The molecule has 0 saturated carbocycles. The molecule has 1 aromatic heterocycles. The molecule has 1 saturated heterocycles. The topological polar surface area (TPSA) is 17.0 Å². The van der Waals surface area contributed by atoms with Crippen LogP contribution in [0.15, 0.2) is 22.7 Å². The van der Waals surface area contributed by atoms with Gasteiger partial charge in [-0.1, -0.05) is 18.6 Å². The number of nitrogens with one attached hydrogen (secondary N) is 1. The van der Waals surface area contributed by atoms with Gasteiger partial charge in [-0.25, -0.2) is 4.39 Å². The molecule has 4 heteroatoms. The summed E-state index contributed by atoms with van der Waals surface area (Å²) in [6, 6.07) is 5.58. The van der Waals surface area contributed by atoms with Gasteiger partial charge < -0.3 is 9.88 Å². The number of piperidine rings is 1. The zero-order chi connectivity index (χ0) is 12.7. The van der Waals surface area contributed by atoms with E-state index in [0.717, 1.165) is 28.5 Å². The van der Waals surface area contributed by atoms with Gasteiger partial charge in [-0.3, -0.25) is 0 Å². The molecule has 1 N–H and O–H groups in total. The van der Waals surface area contributed by atoms with Crippen LogP contribution in [0.5, 0.6) is 0 Å². The second kappa shape index (κ2) is 4.67. The van der Waals surface area contributed by atoms with Crippen LogP contribution in [0.1, 0.15) is 31.0 Å². The lowest BCUT2D eigenvalue weighted by Gasteiger charge is -2.24. The normalized spacial score (nSPS) is 20.5. The number of aryl methyl sites for hydroxylation is 1. The quantitative estimate of drug-likeness (QED) is 0.845. The number of hydrogen-bond acceptors (Lipinski definition) is 1. The van der Waals surface area contributed by atoms with Gasteiger partial charge in [0.15, 0.2) is 0 Å². The summed E-state index contributed by atoms with van der Waals surface area (Å²) in [6.45, 7) is 1.04. The van der Waals surface area contributed by atoms with E-state index >= 15 is 0 Å². The average molecular weight is 311 g/mol. The van der Waals surface area contributed by atoms with Gasteiger partial charge in [0, 0.05) is 28.6 Å². The first-order valence-corrected chi connectivity index (χ1v) is 7.15. The van der Waals surface area contributed by atoms with E-state index in [0.29, 0.717) is 11.6 Å². The summed E-state index contributed by atoms with van der Waals surface area (Å²) in [6.07, 6.45) is 3.57. The number of para-hydroxylation sites is 1. The Balaban J connectivity index is 2.20. The van der Waals surface area contributed by atoms with Gasteiger partial charge in [-0.05, 0) is 41.4 Å². The van der Waals surface area contributed by atoms with Crippen LogP contribution in [0.3, 0.4) is 0 Å². The van der Waals surface area contributed by atoms with Crippen molar-refractivity contribution in [2.24, 2.45) is 7.05 Å². The number of benzene rings is 1. The number of aromatic nitrogens is 1. The third kappa shape index (κ3) is 1.79. The zero-order valence-electron chi connectivity index (χ0n) is 10.3. The molecule has 2 heterocycles. The van der Waals surface area contributed by atoms with Gasteiger partial charge >= 0.3 is 0 Å². The van der Waals surface area contributed by atoms with Crippen molar-refractivity contribution in [3.8, 4) is 0 Å². The van der Waals surface area contributed by atoms with Crippen molar-refractivity contribution in [1.82, 2.24) is 9.88 Å². The number of rotatable bonds is 1. The van der Waals surface area contributed by atoms with E-state index in [-0.39, 0.29) is 5.82 Å². The van der Waals surface area contributed by atoms with Crippen molar-refractivity contribution >= 4 is 26.8 Å². The molecule has 1 unspecified atom stereocenters. The molecule has 1 aliphatic rings. The Morgan fingerprint density at radius 3 is 2.89 bits per heavy atom. The largest absolute Gasteiger partial charge is 0.343 e. The van der Waals surface area contributed by atoms with E-state index in [9.17, 15) is 4.39 Å². The lowest BCUT2D eigenvalue weighted by molar-refractivity contribution is 0.398. The lowest BCUT2D eigenvalue weighted by atomic mass is 10.0. The molecule has 0 bridgehead atoms. The third-order valence-electron chi connectivity index (χ3n) is 3.79. The molecule has 1 aliphatic heterocycles. The molecule has 3 rings (SSSR count). The smallest absolute Gasteiger partial charge is 0.147 e. The van der Waals surface area contributed by atoms with E-state index < -0.39 is 0 Å². The fourth-order valence-electron chi connectivity index (χ4n) is 2.91. The predicted molar refractivity (Wildman–Crippen MR) is 75.2 cm³/mol. The molecule has 0 amide bonds. The average Bonchev–Trinajstić information content (AvgIpc) is 2.64. The second-order valence-electron chi connectivity index (χ2n) is 4.90. The molecule has 2 aromatic rings. The highest BCUT2D eigenvalue weighted by molar-refractivity contribution is 9.10. The van der Waals surface area contributed by atoms with Crippen LogP contribution in [-0.2, 0) is 7.05 Å². The van der Waals surface area contributed by atoms with Gasteiger partial charge in [0.2, 0.25) is 0 Å². The summed E-state index contributed by atoms with van der Waals surface area (Å²) in [4.78, 5) is 0. The van der Waals surface area contributed by atoms with Crippen molar-refractivity contribution in [3.05, 3.63) is 34.2 Å². The molecular formula is C14H16BrFN2. The number of halogens is 2. The number of nitrogens with zero attached hydrogens (tertiary/aromatic N) is 1. The molecule has 1 aromatic carbocycles. The van der Waals surface area contributed by atoms with Gasteiger partial charge in [-0.2, -0.15) is 0 Å². The molecule has 2 nitrogen and oxygen atoms in total. The minimum absolute atomic E-state index is 0.155. The van der Waals surface area contributed by atoms with Crippen molar-refractivity contribution in [1.29, 1.82) is 0 Å². The summed E-state index contributed by atoms with van der Waals surface area (Å²) < 4.78 is 17.0. The lowest BCUT2D eigenvalue weighted by Crippen LogP contribution is -2.28. The monoisotopic (exact) mass is 310 g/mol. The fraction of sp³-hybridized carbons (Fsp3) is 0.429. The highest BCUT2D eigenvalue weighted by Gasteiger charge is 2.24. The Morgan fingerprint density at radius 1 is 1.39 bits per heavy atom. The van der Waals surface area contributed by atoms with E-state index in [1.165, 1.54) is 18.9 Å². The Bertz CT molecular complexity index is 585. The maximum atomic E-state index is 13.9. The van der Waals surface area contributed by atoms with Gasteiger partial charge in [-0.15, -0.1) is 0 Å². The van der Waals surface area contributed by atoms with Gasteiger partial charge in [0.25, 0.3) is 0 Å². The summed E-state index contributed by atoms with van der Waals surface area (Å²) in [5.41, 5.74) is 1.85. The molecule has 1 atom stereocenters. The van der Waals surface area contributed by atoms with Crippen LogP contribution in [0, 0.1) is 5.82 Å². The first-order valence-electron chi connectivity index (χ1n) is 6.36. The molecular weight excluding hydrogens is 295 g/mol. The first-order chi connectivity index (χ1) is 8.70. The summed E-state index contributed by atoms with van der Waals surface area (Å²) in [5, 5.41) is 4.48.